The third-order valence-electron chi connectivity index (χ3n) is 2.49. The average molecular weight is 266 g/mol. The highest BCUT2D eigenvalue weighted by Gasteiger charge is 2.08. The summed E-state index contributed by atoms with van der Waals surface area (Å²) in [6, 6.07) is 11.6. The summed E-state index contributed by atoms with van der Waals surface area (Å²) in [7, 11) is 0. The molecule has 4 heteroatoms. The second-order valence-electron chi connectivity index (χ2n) is 3.68. The third-order valence-corrected chi connectivity index (χ3v) is 3.78. The van der Waals surface area contributed by atoms with E-state index in [4.69, 9.17) is 11.6 Å². The van der Waals surface area contributed by atoms with Crippen molar-refractivity contribution in [1.82, 2.24) is 0 Å². The van der Waals surface area contributed by atoms with E-state index >= 15 is 0 Å². The summed E-state index contributed by atoms with van der Waals surface area (Å²) in [6.45, 7) is 0. The third kappa shape index (κ3) is 3.08. The molecule has 0 fully saturated rings. The molecule has 0 bridgehead atoms. The number of halogens is 1. The van der Waals surface area contributed by atoms with Gasteiger partial charge in [-0.25, -0.2) is 0 Å². The van der Waals surface area contributed by atoms with Crippen LogP contribution in [0.4, 0.5) is 0 Å². The second kappa shape index (κ2) is 5.34. The van der Waals surface area contributed by atoms with Crippen LogP contribution in [-0.2, 0) is 12.8 Å². The lowest BCUT2D eigenvalue weighted by atomic mass is 10.1. The molecule has 2 nitrogen and oxygen atoms in total. The standard InChI is InChI=1S/C13H11ClO2S/c14-11-8-10(12(17-11)13(15)16)7-6-9-4-2-1-3-5-9/h1-5,8H,6-7H2,(H,15,16)/p-1. The molecule has 1 aromatic heterocycles. The molecule has 0 N–H and O–H groups in total. The van der Waals surface area contributed by atoms with Crippen molar-refractivity contribution in [2.24, 2.45) is 0 Å². The molecule has 88 valence electrons. The zero-order valence-electron chi connectivity index (χ0n) is 8.98. The number of carboxylic acids is 1. The van der Waals surface area contributed by atoms with Gasteiger partial charge >= 0.3 is 0 Å². The molecule has 0 aliphatic heterocycles. The van der Waals surface area contributed by atoms with Crippen molar-refractivity contribution in [2.75, 3.05) is 0 Å². The number of hydrogen-bond acceptors (Lipinski definition) is 3. The van der Waals surface area contributed by atoms with Crippen LogP contribution in [0, 0.1) is 0 Å². The Balaban J connectivity index is 2.11. The molecule has 0 radical (unpaired) electrons. The van der Waals surface area contributed by atoms with E-state index in [-0.39, 0.29) is 4.88 Å². The topological polar surface area (TPSA) is 40.1 Å². The maximum Gasteiger partial charge on any atom is 0.0938 e. The number of benzene rings is 1. The summed E-state index contributed by atoms with van der Waals surface area (Å²) in [5, 5.41) is 10.9. The average Bonchev–Trinajstić information content (AvgIpc) is 2.69. The predicted molar refractivity (Wildman–Crippen MR) is 67.5 cm³/mol. The molecule has 2 rings (SSSR count). The number of hydrogen-bond donors (Lipinski definition) is 0. The Morgan fingerprint density at radius 3 is 2.59 bits per heavy atom. The van der Waals surface area contributed by atoms with Gasteiger partial charge in [-0.1, -0.05) is 41.9 Å². The molecule has 17 heavy (non-hydrogen) atoms. The van der Waals surface area contributed by atoms with E-state index in [0.29, 0.717) is 10.8 Å². The minimum absolute atomic E-state index is 0.242. The van der Waals surface area contributed by atoms with Crippen LogP contribution >= 0.6 is 22.9 Å². The highest BCUT2D eigenvalue weighted by Crippen LogP contribution is 2.27. The molecular weight excluding hydrogens is 256 g/mol. The Morgan fingerprint density at radius 2 is 1.94 bits per heavy atom. The van der Waals surface area contributed by atoms with E-state index in [9.17, 15) is 9.90 Å². The maximum absolute atomic E-state index is 10.9. The molecule has 0 saturated carbocycles. The molecule has 0 atom stereocenters. The van der Waals surface area contributed by atoms with Crippen LogP contribution in [0.2, 0.25) is 4.34 Å². The zero-order valence-corrected chi connectivity index (χ0v) is 10.6. The number of rotatable bonds is 4. The molecule has 0 spiro atoms. The first kappa shape index (κ1) is 12.1. The number of thiophene rings is 1. The van der Waals surface area contributed by atoms with Gasteiger partial charge in [0.25, 0.3) is 0 Å². The number of carbonyl (C=O) groups is 1. The fourth-order valence-electron chi connectivity index (χ4n) is 1.68. The monoisotopic (exact) mass is 265 g/mol. The minimum Gasteiger partial charge on any atom is -0.544 e. The van der Waals surface area contributed by atoms with Gasteiger partial charge in [0.15, 0.2) is 0 Å². The molecule has 0 unspecified atom stereocenters. The molecule has 0 amide bonds. The lowest BCUT2D eigenvalue weighted by Gasteiger charge is -2.04. The molecule has 1 aromatic carbocycles. The van der Waals surface area contributed by atoms with E-state index in [1.807, 2.05) is 30.3 Å². The number of aryl methyl sites for hydroxylation is 2. The van der Waals surface area contributed by atoms with E-state index in [2.05, 4.69) is 0 Å². The smallest absolute Gasteiger partial charge is 0.0938 e. The Hall–Kier alpha value is -1.32. The van der Waals surface area contributed by atoms with Crippen molar-refractivity contribution in [3.8, 4) is 0 Å². The first-order valence-corrected chi connectivity index (χ1v) is 6.40. The summed E-state index contributed by atoms with van der Waals surface area (Å²) in [6.07, 6.45) is 1.46. The lowest BCUT2D eigenvalue weighted by molar-refractivity contribution is -0.254. The van der Waals surface area contributed by atoms with E-state index in [1.54, 1.807) is 6.07 Å². The van der Waals surface area contributed by atoms with Gasteiger partial charge in [-0.15, -0.1) is 11.3 Å². The summed E-state index contributed by atoms with van der Waals surface area (Å²) in [5.41, 5.74) is 1.93. The van der Waals surface area contributed by atoms with Crippen molar-refractivity contribution >= 4 is 28.9 Å². The van der Waals surface area contributed by atoms with E-state index in [0.717, 1.165) is 23.3 Å². The maximum atomic E-state index is 10.9. The summed E-state index contributed by atoms with van der Waals surface area (Å²) in [4.78, 5) is 11.1. The second-order valence-corrected chi connectivity index (χ2v) is 5.36. The van der Waals surface area contributed by atoms with E-state index < -0.39 is 5.97 Å². The van der Waals surface area contributed by atoms with Crippen LogP contribution in [0.5, 0.6) is 0 Å². The van der Waals surface area contributed by atoms with Crippen LogP contribution in [0.3, 0.4) is 0 Å². The van der Waals surface area contributed by atoms with Gasteiger partial charge in [0, 0.05) is 0 Å². The number of aromatic carboxylic acids is 1. The van der Waals surface area contributed by atoms with Crippen molar-refractivity contribution in [1.29, 1.82) is 0 Å². The van der Waals surface area contributed by atoms with Crippen molar-refractivity contribution in [3.05, 3.63) is 56.7 Å². The van der Waals surface area contributed by atoms with Crippen LogP contribution in [0.15, 0.2) is 36.4 Å². The highest BCUT2D eigenvalue weighted by molar-refractivity contribution is 7.18. The summed E-state index contributed by atoms with van der Waals surface area (Å²) in [5.74, 6) is -1.15. The van der Waals surface area contributed by atoms with E-state index in [1.165, 1.54) is 5.56 Å². The van der Waals surface area contributed by atoms with Crippen LogP contribution < -0.4 is 5.11 Å². The molecule has 0 saturated heterocycles. The minimum atomic E-state index is -1.15. The quantitative estimate of drug-likeness (QED) is 0.852. The van der Waals surface area contributed by atoms with Gasteiger partial charge < -0.3 is 9.90 Å². The molecule has 0 aliphatic carbocycles. The van der Waals surface area contributed by atoms with Crippen molar-refractivity contribution in [2.45, 2.75) is 12.8 Å². The van der Waals surface area contributed by atoms with Gasteiger partial charge in [0.1, 0.15) is 0 Å². The van der Waals surface area contributed by atoms with Gasteiger partial charge in [-0.05, 0) is 30.0 Å². The predicted octanol–water partition coefficient (Wildman–Crippen LogP) is 2.55. The Labute approximate surface area is 108 Å². The lowest BCUT2D eigenvalue weighted by Crippen LogP contribution is -2.22. The van der Waals surface area contributed by atoms with Crippen LogP contribution in [0.25, 0.3) is 0 Å². The van der Waals surface area contributed by atoms with Crippen molar-refractivity contribution in [3.63, 3.8) is 0 Å². The first-order chi connectivity index (χ1) is 8.16. The molecule has 1 heterocycles. The summed E-state index contributed by atoms with van der Waals surface area (Å²) < 4.78 is 0.493. The van der Waals surface area contributed by atoms with Gasteiger partial charge in [-0.3, -0.25) is 0 Å². The van der Waals surface area contributed by atoms with Crippen LogP contribution in [0.1, 0.15) is 20.8 Å². The zero-order chi connectivity index (χ0) is 12.3. The Kier molecular flexibility index (Phi) is 3.82. The number of carboxylic acid groups (broad SMARTS) is 1. The summed E-state index contributed by atoms with van der Waals surface area (Å²) >= 11 is 6.88. The Morgan fingerprint density at radius 1 is 1.24 bits per heavy atom. The molecule has 2 aromatic rings. The largest absolute Gasteiger partial charge is 0.544 e. The fourth-order valence-corrected chi connectivity index (χ4v) is 2.81. The van der Waals surface area contributed by atoms with Gasteiger partial charge in [0.2, 0.25) is 0 Å². The molecule has 0 aliphatic rings. The SMILES string of the molecule is O=C([O-])c1sc(Cl)cc1CCc1ccccc1. The van der Waals surface area contributed by atoms with Gasteiger partial charge in [0.05, 0.1) is 15.2 Å². The van der Waals surface area contributed by atoms with Gasteiger partial charge in [-0.2, -0.15) is 0 Å². The molecular formula is C13H10ClO2S-. The number of carbonyl (C=O) groups excluding carboxylic acids is 1. The van der Waals surface area contributed by atoms with Crippen molar-refractivity contribution < 1.29 is 9.90 Å². The highest BCUT2D eigenvalue weighted by atomic mass is 35.5. The Bertz CT molecular complexity index is 519. The fraction of sp³-hybridized carbons (Fsp3) is 0.154. The normalized spacial score (nSPS) is 10.4. The van der Waals surface area contributed by atoms with Crippen LogP contribution in [-0.4, -0.2) is 5.97 Å². The first-order valence-electron chi connectivity index (χ1n) is 5.20.